The molecule has 0 aliphatic heterocycles. The van der Waals surface area contributed by atoms with E-state index in [0.29, 0.717) is 18.4 Å². The SMILES string of the molecule is C[C@H]1CCC(=O)C(NC(=O)OC(C)(C)C)(c2ccc(F)cc2)C1. The van der Waals surface area contributed by atoms with Gasteiger partial charge in [-0.25, -0.2) is 9.18 Å². The maximum atomic E-state index is 13.2. The summed E-state index contributed by atoms with van der Waals surface area (Å²) in [4.78, 5) is 24.9. The van der Waals surface area contributed by atoms with Crippen LogP contribution >= 0.6 is 0 Å². The minimum Gasteiger partial charge on any atom is -0.444 e. The third-order valence-corrected chi connectivity index (χ3v) is 4.05. The van der Waals surface area contributed by atoms with Gasteiger partial charge in [0.1, 0.15) is 17.0 Å². The normalized spacial score (nSPS) is 25.1. The molecule has 1 aromatic rings. The second-order valence-electron chi connectivity index (χ2n) is 7.31. The molecule has 1 saturated carbocycles. The number of benzene rings is 1. The van der Waals surface area contributed by atoms with Gasteiger partial charge in [-0.3, -0.25) is 4.79 Å². The molecule has 1 aliphatic carbocycles. The molecular weight excluding hydrogens is 297 g/mol. The van der Waals surface area contributed by atoms with Crippen molar-refractivity contribution in [3.8, 4) is 0 Å². The number of nitrogens with one attached hydrogen (secondary N) is 1. The van der Waals surface area contributed by atoms with E-state index >= 15 is 0 Å². The Balaban J connectivity index is 2.37. The van der Waals surface area contributed by atoms with E-state index in [1.807, 2.05) is 6.92 Å². The highest BCUT2D eigenvalue weighted by Gasteiger charge is 2.45. The van der Waals surface area contributed by atoms with Crippen LogP contribution in [0.4, 0.5) is 9.18 Å². The number of amides is 1. The van der Waals surface area contributed by atoms with Gasteiger partial charge in [-0.15, -0.1) is 0 Å². The summed E-state index contributed by atoms with van der Waals surface area (Å²) in [6.07, 6.45) is 1.02. The molecule has 1 aliphatic rings. The molecule has 1 unspecified atom stereocenters. The fourth-order valence-electron chi connectivity index (χ4n) is 3.01. The Kier molecular flexibility index (Phi) is 4.78. The van der Waals surface area contributed by atoms with E-state index in [1.54, 1.807) is 32.9 Å². The molecule has 4 nitrogen and oxygen atoms in total. The summed E-state index contributed by atoms with van der Waals surface area (Å²) in [6, 6.07) is 5.73. The van der Waals surface area contributed by atoms with Crippen LogP contribution in [0, 0.1) is 11.7 Å². The zero-order valence-electron chi connectivity index (χ0n) is 14.1. The zero-order valence-corrected chi connectivity index (χ0v) is 14.1. The number of hydrogen-bond donors (Lipinski definition) is 1. The van der Waals surface area contributed by atoms with Crippen molar-refractivity contribution in [2.45, 2.75) is 58.1 Å². The van der Waals surface area contributed by atoms with Gasteiger partial charge in [-0.05, 0) is 57.2 Å². The molecule has 1 amide bonds. The second kappa shape index (κ2) is 6.30. The van der Waals surface area contributed by atoms with Gasteiger partial charge in [0.2, 0.25) is 0 Å². The van der Waals surface area contributed by atoms with E-state index in [0.717, 1.165) is 6.42 Å². The number of carbonyl (C=O) groups excluding carboxylic acids is 2. The Morgan fingerprint density at radius 1 is 1.30 bits per heavy atom. The average molecular weight is 321 g/mol. The molecule has 23 heavy (non-hydrogen) atoms. The molecule has 5 heteroatoms. The lowest BCUT2D eigenvalue weighted by Gasteiger charge is -2.39. The number of rotatable bonds is 2. The van der Waals surface area contributed by atoms with Crippen LogP contribution < -0.4 is 5.32 Å². The van der Waals surface area contributed by atoms with Gasteiger partial charge < -0.3 is 10.1 Å². The molecule has 0 saturated heterocycles. The highest BCUT2D eigenvalue weighted by Crippen LogP contribution is 2.37. The van der Waals surface area contributed by atoms with E-state index < -0.39 is 17.2 Å². The molecule has 0 bridgehead atoms. The monoisotopic (exact) mass is 321 g/mol. The molecule has 1 N–H and O–H groups in total. The largest absolute Gasteiger partial charge is 0.444 e. The number of hydrogen-bond acceptors (Lipinski definition) is 3. The Morgan fingerprint density at radius 2 is 1.91 bits per heavy atom. The first-order chi connectivity index (χ1) is 10.6. The number of halogens is 1. The fourth-order valence-corrected chi connectivity index (χ4v) is 3.01. The molecule has 2 rings (SSSR count). The molecule has 0 aromatic heterocycles. The van der Waals surface area contributed by atoms with E-state index in [1.165, 1.54) is 12.1 Å². The molecule has 126 valence electrons. The predicted octanol–water partition coefficient (Wildman–Crippen LogP) is 3.93. The average Bonchev–Trinajstić information content (AvgIpc) is 2.41. The van der Waals surface area contributed by atoms with Crippen LogP contribution in [0.3, 0.4) is 0 Å². The van der Waals surface area contributed by atoms with Crippen molar-refractivity contribution in [2.75, 3.05) is 0 Å². The van der Waals surface area contributed by atoms with Crippen LogP contribution in [0.15, 0.2) is 24.3 Å². The molecule has 0 spiro atoms. The number of alkyl carbamates (subject to hydrolysis) is 1. The minimum absolute atomic E-state index is 0.0620. The van der Waals surface area contributed by atoms with Gasteiger partial charge in [-0.2, -0.15) is 0 Å². The molecule has 0 heterocycles. The molecular formula is C18H24FNO3. The maximum Gasteiger partial charge on any atom is 0.408 e. The van der Waals surface area contributed by atoms with Crippen molar-refractivity contribution in [2.24, 2.45) is 5.92 Å². The number of ketones is 1. The summed E-state index contributed by atoms with van der Waals surface area (Å²) in [7, 11) is 0. The van der Waals surface area contributed by atoms with Crippen molar-refractivity contribution in [1.82, 2.24) is 5.32 Å². The van der Waals surface area contributed by atoms with Crippen LogP contribution in [0.25, 0.3) is 0 Å². The summed E-state index contributed by atoms with van der Waals surface area (Å²) in [6.45, 7) is 7.34. The fraction of sp³-hybridized carbons (Fsp3) is 0.556. The zero-order chi connectivity index (χ0) is 17.3. The van der Waals surface area contributed by atoms with Crippen molar-refractivity contribution >= 4 is 11.9 Å². The summed E-state index contributed by atoms with van der Waals surface area (Å²) in [5.41, 5.74) is -1.20. The first-order valence-corrected chi connectivity index (χ1v) is 7.93. The number of carbonyl (C=O) groups is 2. The highest BCUT2D eigenvalue weighted by atomic mass is 19.1. The van der Waals surface area contributed by atoms with Crippen LogP contribution in [0.5, 0.6) is 0 Å². The molecule has 2 atom stereocenters. The van der Waals surface area contributed by atoms with Crippen LogP contribution in [0.2, 0.25) is 0 Å². The Labute approximate surface area is 136 Å². The van der Waals surface area contributed by atoms with E-state index in [4.69, 9.17) is 4.74 Å². The molecule has 1 aromatic carbocycles. The predicted molar refractivity (Wildman–Crippen MR) is 85.5 cm³/mol. The smallest absolute Gasteiger partial charge is 0.408 e. The van der Waals surface area contributed by atoms with Gasteiger partial charge in [0.05, 0.1) is 0 Å². The van der Waals surface area contributed by atoms with Crippen molar-refractivity contribution in [3.63, 3.8) is 0 Å². The first-order valence-electron chi connectivity index (χ1n) is 7.93. The third-order valence-electron chi connectivity index (χ3n) is 4.05. The first kappa shape index (κ1) is 17.4. The van der Waals surface area contributed by atoms with Crippen molar-refractivity contribution < 1.29 is 18.7 Å². The third kappa shape index (κ3) is 4.09. The van der Waals surface area contributed by atoms with Gasteiger partial charge in [0, 0.05) is 6.42 Å². The number of ether oxygens (including phenoxy) is 1. The van der Waals surface area contributed by atoms with Gasteiger partial charge in [0.15, 0.2) is 5.78 Å². The van der Waals surface area contributed by atoms with E-state index in [2.05, 4.69) is 5.32 Å². The highest BCUT2D eigenvalue weighted by molar-refractivity contribution is 5.93. The van der Waals surface area contributed by atoms with E-state index in [-0.39, 0.29) is 17.5 Å². The Bertz CT molecular complexity index is 591. The second-order valence-corrected chi connectivity index (χ2v) is 7.31. The van der Waals surface area contributed by atoms with Crippen molar-refractivity contribution in [3.05, 3.63) is 35.6 Å². The van der Waals surface area contributed by atoms with Gasteiger partial charge >= 0.3 is 6.09 Å². The molecule has 1 fully saturated rings. The van der Waals surface area contributed by atoms with Gasteiger partial charge in [0.25, 0.3) is 0 Å². The summed E-state index contributed by atoms with van der Waals surface area (Å²) in [5.74, 6) is -0.168. The van der Waals surface area contributed by atoms with Crippen molar-refractivity contribution in [1.29, 1.82) is 0 Å². The minimum atomic E-state index is -1.15. The topological polar surface area (TPSA) is 55.4 Å². The van der Waals surface area contributed by atoms with E-state index in [9.17, 15) is 14.0 Å². The lowest BCUT2D eigenvalue weighted by atomic mass is 9.71. The van der Waals surface area contributed by atoms with Gasteiger partial charge in [-0.1, -0.05) is 19.1 Å². The Hall–Kier alpha value is -1.91. The Morgan fingerprint density at radius 3 is 2.48 bits per heavy atom. The van der Waals surface area contributed by atoms with Crippen LogP contribution in [-0.2, 0) is 15.1 Å². The quantitative estimate of drug-likeness (QED) is 0.898. The standard InChI is InChI=1S/C18H24FNO3/c1-12-5-10-15(21)18(11-12,13-6-8-14(19)9-7-13)20-16(22)23-17(2,3)4/h6-9,12H,5,10-11H2,1-4H3,(H,20,22)/t12-,18?/m0/s1. The number of Topliss-reactive ketones (excluding diaryl/α,β-unsaturated/α-hetero) is 1. The summed E-state index contributed by atoms with van der Waals surface area (Å²) < 4.78 is 18.6. The van der Waals surface area contributed by atoms with Crippen LogP contribution in [-0.4, -0.2) is 17.5 Å². The summed E-state index contributed by atoms with van der Waals surface area (Å²) >= 11 is 0. The lowest BCUT2D eigenvalue weighted by molar-refractivity contribution is -0.129. The summed E-state index contributed by atoms with van der Waals surface area (Å²) in [5, 5.41) is 2.77. The maximum absolute atomic E-state index is 13.2. The molecule has 0 radical (unpaired) electrons. The van der Waals surface area contributed by atoms with Crippen LogP contribution in [0.1, 0.15) is 52.5 Å². The lowest BCUT2D eigenvalue weighted by Crippen LogP contribution is -2.55.